The van der Waals surface area contributed by atoms with Crippen LogP contribution in [0.2, 0.25) is 0 Å². The fourth-order valence-corrected chi connectivity index (χ4v) is 2.51. The van der Waals surface area contributed by atoms with Crippen molar-refractivity contribution in [2.75, 3.05) is 6.26 Å². The van der Waals surface area contributed by atoms with E-state index < -0.39 is 27.8 Å². The largest absolute Gasteiger partial charge is 0.480 e. The number of rotatable bonds is 6. The van der Waals surface area contributed by atoms with Gasteiger partial charge >= 0.3 is 5.97 Å². The molecule has 116 valence electrons. The van der Waals surface area contributed by atoms with Crippen molar-refractivity contribution in [3.8, 4) is 0 Å². The molecule has 1 rings (SSSR count). The molecule has 0 radical (unpaired) electrons. The second kappa shape index (κ2) is 6.71. The van der Waals surface area contributed by atoms with Gasteiger partial charge in [0.1, 0.15) is 6.04 Å². The molecule has 0 aliphatic carbocycles. The lowest BCUT2D eigenvalue weighted by Crippen LogP contribution is -2.40. The predicted molar refractivity (Wildman–Crippen MR) is 78.1 cm³/mol. The Morgan fingerprint density at radius 1 is 1.33 bits per heavy atom. The van der Waals surface area contributed by atoms with Crippen molar-refractivity contribution >= 4 is 21.7 Å². The van der Waals surface area contributed by atoms with Gasteiger partial charge in [0.15, 0.2) is 9.84 Å². The number of nitrogens with one attached hydrogen (secondary N) is 1. The maximum Gasteiger partial charge on any atom is 0.326 e. The molecule has 2 N–H and O–H groups in total. The van der Waals surface area contributed by atoms with Crippen LogP contribution in [0.1, 0.15) is 35.7 Å². The Morgan fingerprint density at radius 2 is 1.95 bits per heavy atom. The molecule has 7 heteroatoms. The van der Waals surface area contributed by atoms with Gasteiger partial charge in [0.25, 0.3) is 5.91 Å². The van der Waals surface area contributed by atoms with Gasteiger partial charge in [-0.15, -0.1) is 0 Å². The lowest BCUT2D eigenvalue weighted by Gasteiger charge is -2.15. The number of carbonyl (C=O) groups is 2. The summed E-state index contributed by atoms with van der Waals surface area (Å²) in [5.41, 5.74) is 0.751. The summed E-state index contributed by atoms with van der Waals surface area (Å²) in [5, 5.41) is 11.5. The van der Waals surface area contributed by atoms with E-state index in [-0.39, 0.29) is 10.5 Å². The Labute approximate surface area is 124 Å². The summed E-state index contributed by atoms with van der Waals surface area (Å²) in [5.74, 6) is -1.69. The molecule has 0 saturated heterocycles. The van der Waals surface area contributed by atoms with Crippen LogP contribution in [0.5, 0.6) is 0 Å². The minimum atomic E-state index is -3.43. The molecule has 0 aliphatic rings. The molecule has 1 aromatic carbocycles. The molecule has 0 spiro atoms. The van der Waals surface area contributed by atoms with Gasteiger partial charge in [-0.2, -0.15) is 0 Å². The summed E-state index contributed by atoms with van der Waals surface area (Å²) in [6.45, 7) is 3.48. The second-order valence-corrected chi connectivity index (χ2v) is 6.92. The Morgan fingerprint density at radius 3 is 2.43 bits per heavy atom. The third kappa shape index (κ3) is 4.56. The van der Waals surface area contributed by atoms with E-state index in [1.165, 1.54) is 18.2 Å². The Bertz CT molecular complexity index is 651. The van der Waals surface area contributed by atoms with Crippen LogP contribution in [0.15, 0.2) is 23.1 Å². The van der Waals surface area contributed by atoms with Crippen LogP contribution in [0.3, 0.4) is 0 Å². The number of benzene rings is 1. The van der Waals surface area contributed by atoms with Crippen molar-refractivity contribution in [2.45, 2.75) is 37.6 Å². The molecule has 0 aromatic heterocycles. The molecule has 0 fully saturated rings. The molecule has 1 atom stereocenters. The smallest absolute Gasteiger partial charge is 0.326 e. The van der Waals surface area contributed by atoms with Crippen molar-refractivity contribution in [1.29, 1.82) is 0 Å². The van der Waals surface area contributed by atoms with E-state index in [0.717, 1.165) is 6.26 Å². The van der Waals surface area contributed by atoms with E-state index in [2.05, 4.69) is 5.32 Å². The number of hydrogen-bond donors (Lipinski definition) is 2. The van der Waals surface area contributed by atoms with Crippen LogP contribution >= 0.6 is 0 Å². The minimum Gasteiger partial charge on any atom is -0.480 e. The molecular weight excluding hydrogens is 294 g/mol. The van der Waals surface area contributed by atoms with E-state index in [0.29, 0.717) is 18.4 Å². The summed E-state index contributed by atoms with van der Waals surface area (Å²) in [6.07, 6.45) is 1.97. The predicted octanol–water partition coefficient (Wildman–Crippen LogP) is 1.38. The van der Waals surface area contributed by atoms with E-state index in [9.17, 15) is 18.0 Å². The van der Waals surface area contributed by atoms with Crippen LogP contribution < -0.4 is 5.32 Å². The fraction of sp³-hybridized carbons (Fsp3) is 0.429. The number of amides is 1. The summed E-state index contributed by atoms with van der Waals surface area (Å²) >= 11 is 0. The van der Waals surface area contributed by atoms with Crippen LogP contribution in [-0.2, 0) is 14.6 Å². The van der Waals surface area contributed by atoms with Gasteiger partial charge in [0.05, 0.1) is 4.90 Å². The van der Waals surface area contributed by atoms with Crippen molar-refractivity contribution in [2.24, 2.45) is 0 Å². The first kappa shape index (κ1) is 17.2. The van der Waals surface area contributed by atoms with Gasteiger partial charge in [0.2, 0.25) is 0 Å². The number of carbonyl (C=O) groups excluding carboxylic acids is 1. The molecule has 21 heavy (non-hydrogen) atoms. The number of aryl methyl sites for hydroxylation is 1. The molecule has 1 amide bonds. The minimum absolute atomic E-state index is 0.0283. The number of carboxylic acids is 1. The van der Waals surface area contributed by atoms with E-state index in [1.54, 1.807) is 6.92 Å². The third-order valence-electron chi connectivity index (χ3n) is 3.06. The normalized spacial score (nSPS) is 12.7. The average molecular weight is 313 g/mol. The highest BCUT2D eigenvalue weighted by molar-refractivity contribution is 7.90. The second-order valence-electron chi connectivity index (χ2n) is 4.90. The molecule has 0 unspecified atom stereocenters. The molecule has 0 bridgehead atoms. The first-order chi connectivity index (χ1) is 9.66. The van der Waals surface area contributed by atoms with Crippen LogP contribution in [0.25, 0.3) is 0 Å². The van der Waals surface area contributed by atoms with Crippen molar-refractivity contribution in [1.82, 2.24) is 5.32 Å². The third-order valence-corrected chi connectivity index (χ3v) is 4.17. The maximum absolute atomic E-state index is 12.2. The molecule has 1 aromatic rings. The van der Waals surface area contributed by atoms with Gasteiger partial charge in [0, 0.05) is 11.8 Å². The highest BCUT2D eigenvalue weighted by Crippen LogP contribution is 2.16. The Kier molecular flexibility index (Phi) is 5.48. The highest BCUT2D eigenvalue weighted by Gasteiger charge is 2.21. The van der Waals surface area contributed by atoms with Gasteiger partial charge in [-0.25, -0.2) is 13.2 Å². The number of aliphatic carboxylic acids is 1. The topological polar surface area (TPSA) is 101 Å². The number of carboxylic acid groups (broad SMARTS) is 1. The lowest BCUT2D eigenvalue weighted by atomic mass is 10.1. The van der Waals surface area contributed by atoms with Crippen molar-refractivity contribution in [3.63, 3.8) is 0 Å². The van der Waals surface area contributed by atoms with Crippen LogP contribution in [0.4, 0.5) is 0 Å². The zero-order chi connectivity index (χ0) is 16.2. The van der Waals surface area contributed by atoms with E-state index in [1.807, 2.05) is 6.92 Å². The van der Waals surface area contributed by atoms with Gasteiger partial charge in [-0.1, -0.05) is 19.4 Å². The van der Waals surface area contributed by atoms with Gasteiger partial charge < -0.3 is 10.4 Å². The van der Waals surface area contributed by atoms with Crippen LogP contribution in [0, 0.1) is 6.92 Å². The first-order valence-corrected chi connectivity index (χ1v) is 8.40. The summed E-state index contributed by atoms with van der Waals surface area (Å²) < 4.78 is 23.1. The average Bonchev–Trinajstić information content (AvgIpc) is 2.36. The molecule has 0 saturated carbocycles. The SMILES string of the molecule is CCC[C@@H](NC(=O)c1cc(S(C)(=O)=O)ccc1C)C(=O)O. The standard InChI is InChI=1S/C14H19NO5S/c1-4-5-12(14(17)18)15-13(16)11-8-10(21(3,19)20)7-6-9(11)2/h6-8,12H,4-5H2,1-3H3,(H,15,16)(H,17,18)/t12-/m1/s1. The molecular formula is C14H19NO5S. The van der Waals surface area contributed by atoms with Crippen molar-refractivity contribution in [3.05, 3.63) is 29.3 Å². The van der Waals surface area contributed by atoms with E-state index in [4.69, 9.17) is 5.11 Å². The van der Waals surface area contributed by atoms with Gasteiger partial charge in [-0.3, -0.25) is 4.79 Å². The summed E-state index contributed by atoms with van der Waals surface area (Å²) in [7, 11) is -3.43. The Balaban J connectivity index is 3.09. The fourth-order valence-electron chi connectivity index (χ4n) is 1.86. The number of sulfone groups is 1. The molecule has 6 nitrogen and oxygen atoms in total. The summed E-state index contributed by atoms with van der Waals surface area (Å²) in [6, 6.07) is 3.23. The molecule has 0 aliphatic heterocycles. The lowest BCUT2D eigenvalue weighted by molar-refractivity contribution is -0.139. The van der Waals surface area contributed by atoms with Crippen molar-refractivity contribution < 1.29 is 23.1 Å². The summed E-state index contributed by atoms with van der Waals surface area (Å²) in [4.78, 5) is 23.3. The molecule has 0 heterocycles. The zero-order valence-corrected chi connectivity index (χ0v) is 13.0. The first-order valence-electron chi connectivity index (χ1n) is 6.51. The van der Waals surface area contributed by atoms with Gasteiger partial charge in [-0.05, 0) is 31.0 Å². The maximum atomic E-state index is 12.2. The van der Waals surface area contributed by atoms with Crippen LogP contribution in [-0.4, -0.2) is 37.7 Å². The number of hydrogen-bond acceptors (Lipinski definition) is 4. The quantitative estimate of drug-likeness (QED) is 0.826. The Hall–Kier alpha value is -1.89. The highest BCUT2D eigenvalue weighted by atomic mass is 32.2. The van der Waals surface area contributed by atoms with E-state index >= 15 is 0 Å². The monoisotopic (exact) mass is 313 g/mol. The zero-order valence-electron chi connectivity index (χ0n) is 12.2.